The molecule has 0 aliphatic heterocycles. The second-order valence-corrected chi connectivity index (χ2v) is 3.19. The Bertz CT molecular complexity index is 161. The van der Waals surface area contributed by atoms with Gasteiger partial charge in [0.05, 0.1) is 0 Å². The molecule has 1 amide bonds. The van der Waals surface area contributed by atoms with Crippen molar-refractivity contribution in [3.63, 3.8) is 0 Å². The van der Waals surface area contributed by atoms with Crippen LogP contribution < -0.4 is 11.1 Å². The Kier molecular flexibility index (Phi) is 5.10. The van der Waals surface area contributed by atoms with Gasteiger partial charge in [0, 0.05) is 17.6 Å². The minimum Gasteiger partial charge on any atom is -0.382 e. The first-order valence-electron chi connectivity index (χ1n) is 3.05. The van der Waals surface area contributed by atoms with Crippen LogP contribution in [0.1, 0.15) is 0 Å². The number of aliphatic hydroxyl groups is 1. The quantitative estimate of drug-likeness (QED) is 0.578. The Morgan fingerprint density at radius 2 is 2.36 bits per heavy atom. The smallest absolute Gasteiger partial charge is 0.247 e. The molecule has 0 aromatic carbocycles. The third-order valence-electron chi connectivity index (χ3n) is 0.983. The lowest BCUT2D eigenvalue weighted by molar-refractivity contribution is -0.125. The number of amides is 1. The van der Waals surface area contributed by atoms with E-state index in [4.69, 9.17) is 10.8 Å². The lowest BCUT2D eigenvalue weighted by Crippen LogP contribution is -2.37. The van der Waals surface area contributed by atoms with E-state index >= 15 is 0 Å². The van der Waals surface area contributed by atoms with Crippen molar-refractivity contribution in [2.75, 3.05) is 13.1 Å². The summed E-state index contributed by atoms with van der Waals surface area (Å²) in [5.41, 5.74) is 4.79. The zero-order valence-corrected chi connectivity index (χ0v) is 7.60. The van der Waals surface area contributed by atoms with E-state index in [1.165, 1.54) is 0 Å². The number of halogens is 1. The van der Waals surface area contributed by atoms with Gasteiger partial charge in [-0.3, -0.25) is 4.79 Å². The van der Waals surface area contributed by atoms with Crippen LogP contribution in [-0.2, 0) is 4.79 Å². The normalized spacial score (nSPS) is 12.5. The molecule has 0 heterocycles. The zero-order chi connectivity index (χ0) is 8.85. The number of nitrogens with two attached hydrogens (primary N) is 1. The Labute approximate surface area is 73.6 Å². The van der Waals surface area contributed by atoms with Crippen LogP contribution in [0.15, 0.2) is 11.1 Å². The first kappa shape index (κ1) is 10.6. The summed E-state index contributed by atoms with van der Waals surface area (Å²) in [5, 5.41) is 11.6. The van der Waals surface area contributed by atoms with E-state index in [1.54, 1.807) is 0 Å². The molecule has 0 radical (unpaired) electrons. The molecule has 5 heteroatoms. The van der Waals surface area contributed by atoms with Crippen molar-refractivity contribution in [3.8, 4) is 0 Å². The maximum absolute atomic E-state index is 10.3. The van der Waals surface area contributed by atoms with Crippen molar-refractivity contribution in [1.29, 1.82) is 0 Å². The molecular weight excluding hydrogens is 212 g/mol. The largest absolute Gasteiger partial charge is 0.382 e. The number of hydrogen-bond acceptors (Lipinski definition) is 3. The molecular formula is C6H11BrN2O2. The van der Waals surface area contributed by atoms with Crippen molar-refractivity contribution >= 4 is 21.8 Å². The number of rotatable bonds is 5. The van der Waals surface area contributed by atoms with Gasteiger partial charge in [0.15, 0.2) is 0 Å². The molecule has 64 valence electrons. The predicted molar refractivity (Wildman–Crippen MR) is 46.1 cm³/mol. The zero-order valence-electron chi connectivity index (χ0n) is 6.01. The molecule has 0 rings (SSSR count). The van der Waals surface area contributed by atoms with Crippen LogP contribution in [0.2, 0.25) is 0 Å². The lowest BCUT2D eigenvalue weighted by Gasteiger charge is -2.06. The Morgan fingerprint density at radius 3 is 2.73 bits per heavy atom. The van der Waals surface area contributed by atoms with Gasteiger partial charge in [0.2, 0.25) is 5.91 Å². The summed E-state index contributed by atoms with van der Waals surface area (Å²) in [7, 11) is 0. The number of carbonyl (C=O) groups is 1. The third kappa shape index (κ3) is 6.03. The lowest BCUT2D eigenvalue weighted by atomic mass is 10.3. The molecule has 0 aromatic rings. The molecule has 0 fully saturated rings. The summed E-state index contributed by atoms with van der Waals surface area (Å²) in [6.07, 6.45) is -1.12. The van der Waals surface area contributed by atoms with Crippen molar-refractivity contribution in [2.24, 2.45) is 5.73 Å². The Hall–Kier alpha value is -0.390. The number of aliphatic hydroxyl groups excluding tert-OH is 1. The minimum absolute atomic E-state index is 0.153. The van der Waals surface area contributed by atoms with E-state index in [9.17, 15) is 4.79 Å². The highest BCUT2D eigenvalue weighted by Crippen LogP contribution is 1.96. The molecule has 4 N–H and O–H groups in total. The third-order valence-corrected chi connectivity index (χ3v) is 1.26. The molecule has 0 aliphatic rings. The number of hydrogen-bond donors (Lipinski definition) is 3. The van der Waals surface area contributed by atoms with E-state index in [1.807, 2.05) is 0 Å². The van der Waals surface area contributed by atoms with Gasteiger partial charge in [0.25, 0.3) is 0 Å². The first-order chi connectivity index (χ1) is 5.04. The van der Waals surface area contributed by atoms with Crippen LogP contribution >= 0.6 is 15.9 Å². The number of primary amides is 1. The molecule has 1 atom stereocenters. The van der Waals surface area contributed by atoms with Crippen molar-refractivity contribution in [3.05, 3.63) is 11.1 Å². The van der Waals surface area contributed by atoms with Gasteiger partial charge in [-0.1, -0.05) is 22.5 Å². The molecule has 0 saturated heterocycles. The maximum atomic E-state index is 10.3. The van der Waals surface area contributed by atoms with Gasteiger partial charge in [-0.2, -0.15) is 0 Å². The molecule has 0 aliphatic carbocycles. The summed E-state index contributed by atoms with van der Waals surface area (Å²) in [6, 6.07) is 0. The molecule has 11 heavy (non-hydrogen) atoms. The van der Waals surface area contributed by atoms with Gasteiger partial charge >= 0.3 is 0 Å². The highest BCUT2D eigenvalue weighted by atomic mass is 79.9. The molecule has 4 nitrogen and oxygen atoms in total. The van der Waals surface area contributed by atoms with Crippen molar-refractivity contribution in [2.45, 2.75) is 6.10 Å². The van der Waals surface area contributed by atoms with Crippen LogP contribution in [0.4, 0.5) is 0 Å². The maximum Gasteiger partial charge on any atom is 0.247 e. The fraction of sp³-hybridized carbons (Fsp3) is 0.500. The Balaban J connectivity index is 3.39. The van der Waals surface area contributed by atoms with E-state index in [0.717, 1.165) is 4.48 Å². The summed E-state index contributed by atoms with van der Waals surface area (Å²) in [4.78, 5) is 10.3. The standard InChI is InChI=1S/C6H11BrN2O2/c1-4(7)2-9-3-5(10)6(8)11/h5,9-10H,1-3H2,(H2,8,11). The summed E-state index contributed by atoms with van der Waals surface area (Å²) in [5.74, 6) is -0.724. The summed E-state index contributed by atoms with van der Waals surface area (Å²) >= 11 is 3.11. The molecule has 1 unspecified atom stereocenters. The number of carbonyl (C=O) groups excluding carboxylic acids is 1. The highest BCUT2D eigenvalue weighted by Gasteiger charge is 2.08. The average Bonchev–Trinajstić information content (AvgIpc) is 1.86. The van der Waals surface area contributed by atoms with Gasteiger partial charge in [-0.05, 0) is 0 Å². The van der Waals surface area contributed by atoms with E-state index < -0.39 is 12.0 Å². The predicted octanol–water partition coefficient (Wildman–Crippen LogP) is -0.669. The van der Waals surface area contributed by atoms with E-state index in [-0.39, 0.29) is 6.54 Å². The topological polar surface area (TPSA) is 75.3 Å². The highest BCUT2D eigenvalue weighted by molar-refractivity contribution is 9.11. The van der Waals surface area contributed by atoms with Crippen LogP contribution in [-0.4, -0.2) is 30.2 Å². The SMILES string of the molecule is C=C(Br)CNCC(O)C(N)=O. The fourth-order valence-corrected chi connectivity index (χ4v) is 0.643. The second kappa shape index (κ2) is 5.29. The molecule has 0 saturated carbocycles. The van der Waals surface area contributed by atoms with Gasteiger partial charge in [0.1, 0.15) is 6.10 Å². The van der Waals surface area contributed by atoms with Gasteiger partial charge in [-0.25, -0.2) is 0 Å². The molecule has 0 aromatic heterocycles. The van der Waals surface area contributed by atoms with Crippen LogP contribution in [0.5, 0.6) is 0 Å². The van der Waals surface area contributed by atoms with Crippen LogP contribution in [0.25, 0.3) is 0 Å². The van der Waals surface area contributed by atoms with Crippen molar-refractivity contribution < 1.29 is 9.90 Å². The monoisotopic (exact) mass is 222 g/mol. The Morgan fingerprint density at radius 1 is 1.82 bits per heavy atom. The van der Waals surface area contributed by atoms with Crippen LogP contribution in [0.3, 0.4) is 0 Å². The van der Waals surface area contributed by atoms with E-state index in [0.29, 0.717) is 6.54 Å². The molecule has 0 bridgehead atoms. The van der Waals surface area contributed by atoms with Crippen molar-refractivity contribution in [1.82, 2.24) is 5.32 Å². The molecule has 0 spiro atoms. The average molecular weight is 223 g/mol. The van der Waals surface area contributed by atoms with Crippen LogP contribution in [0, 0.1) is 0 Å². The van der Waals surface area contributed by atoms with Gasteiger partial charge in [-0.15, -0.1) is 0 Å². The summed E-state index contributed by atoms with van der Waals surface area (Å²) < 4.78 is 0.758. The van der Waals surface area contributed by atoms with E-state index in [2.05, 4.69) is 27.8 Å². The first-order valence-corrected chi connectivity index (χ1v) is 3.84. The fourth-order valence-electron chi connectivity index (χ4n) is 0.445. The van der Waals surface area contributed by atoms with Gasteiger partial charge < -0.3 is 16.2 Å². The summed E-state index contributed by atoms with van der Waals surface area (Å²) in [6.45, 7) is 4.21. The second-order valence-electron chi connectivity index (χ2n) is 2.07. The minimum atomic E-state index is -1.12. The number of nitrogens with one attached hydrogen (secondary N) is 1.